The fourth-order valence-electron chi connectivity index (χ4n) is 4.42. The van der Waals surface area contributed by atoms with Crippen molar-refractivity contribution in [2.75, 3.05) is 20.6 Å². The molecule has 0 aliphatic carbocycles. The number of aryl methyl sites for hydroxylation is 1. The summed E-state index contributed by atoms with van der Waals surface area (Å²) in [6.45, 7) is 2.49. The largest absolute Gasteiger partial charge is 0.335 e. The molecule has 6 aromatic rings. The first-order chi connectivity index (χ1) is 17.9. The SMILES string of the molecule is Cc1ccc(-c2cncc3[nH]c(-c4n[nH]c5cnc(-c6cncc(CC(=O)CN(C)C)c6)cc45)nc23)s1. The molecule has 0 unspecified atom stereocenters. The molecule has 6 heterocycles. The minimum atomic E-state index is 0.140. The van der Waals surface area contributed by atoms with Gasteiger partial charge >= 0.3 is 0 Å². The van der Waals surface area contributed by atoms with Gasteiger partial charge in [-0.15, -0.1) is 11.3 Å². The molecule has 0 aromatic carbocycles. The number of nitrogens with one attached hydrogen (secondary N) is 2. The topological polar surface area (TPSA) is 116 Å². The molecule has 0 radical (unpaired) electrons. The summed E-state index contributed by atoms with van der Waals surface area (Å²) in [4.78, 5) is 38.2. The van der Waals surface area contributed by atoms with Gasteiger partial charge < -0.3 is 9.88 Å². The second-order valence-corrected chi connectivity index (χ2v) is 10.6. The molecule has 0 fully saturated rings. The summed E-state index contributed by atoms with van der Waals surface area (Å²) in [5, 5.41) is 8.50. The predicted molar refractivity (Wildman–Crippen MR) is 145 cm³/mol. The fraction of sp³-hybridized carbons (Fsp3) is 0.185. The van der Waals surface area contributed by atoms with Crippen LogP contribution in [0, 0.1) is 6.92 Å². The third-order valence-electron chi connectivity index (χ3n) is 6.06. The Morgan fingerprint density at radius 1 is 1.03 bits per heavy atom. The fourth-order valence-corrected chi connectivity index (χ4v) is 5.30. The zero-order valence-electron chi connectivity index (χ0n) is 20.6. The number of Topliss-reactive ketones (excluding diaryl/α,β-unsaturated/α-hetero) is 1. The van der Waals surface area contributed by atoms with Crippen LogP contribution >= 0.6 is 11.3 Å². The predicted octanol–water partition coefficient (Wildman–Crippen LogP) is 4.67. The number of aromatic amines is 2. The molecule has 6 aromatic heterocycles. The third kappa shape index (κ3) is 4.52. The number of nitrogens with zero attached hydrogens (tertiary/aromatic N) is 6. The van der Waals surface area contributed by atoms with Gasteiger partial charge in [-0.3, -0.25) is 24.8 Å². The second-order valence-electron chi connectivity index (χ2n) is 9.30. The Bertz CT molecular complexity index is 1760. The van der Waals surface area contributed by atoms with E-state index in [4.69, 9.17) is 4.98 Å². The molecule has 184 valence electrons. The highest BCUT2D eigenvalue weighted by molar-refractivity contribution is 7.15. The smallest absolute Gasteiger partial charge is 0.159 e. The number of aromatic nitrogens is 7. The van der Waals surface area contributed by atoms with E-state index in [-0.39, 0.29) is 5.78 Å². The van der Waals surface area contributed by atoms with Crippen molar-refractivity contribution < 1.29 is 4.79 Å². The first-order valence-corrected chi connectivity index (χ1v) is 12.6. The van der Waals surface area contributed by atoms with Crippen molar-refractivity contribution in [3.8, 4) is 33.2 Å². The van der Waals surface area contributed by atoms with E-state index in [0.29, 0.717) is 24.5 Å². The maximum absolute atomic E-state index is 12.3. The van der Waals surface area contributed by atoms with Crippen LogP contribution in [0.15, 0.2) is 55.2 Å². The van der Waals surface area contributed by atoms with Gasteiger partial charge in [0.1, 0.15) is 11.2 Å². The molecule has 10 heteroatoms. The molecule has 37 heavy (non-hydrogen) atoms. The average Bonchev–Trinajstić information content (AvgIpc) is 3.60. The normalized spacial score (nSPS) is 11.7. The van der Waals surface area contributed by atoms with E-state index in [0.717, 1.165) is 49.2 Å². The number of imidazole rings is 1. The molecule has 0 atom stereocenters. The Morgan fingerprint density at radius 3 is 2.70 bits per heavy atom. The van der Waals surface area contributed by atoms with Crippen molar-refractivity contribution in [3.05, 3.63) is 65.7 Å². The Morgan fingerprint density at radius 2 is 1.89 bits per heavy atom. The van der Waals surface area contributed by atoms with Crippen LogP contribution in [0.2, 0.25) is 0 Å². The molecule has 2 N–H and O–H groups in total. The Hall–Kier alpha value is -4.28. The lowest BCUT2D eigenvalue weighted by Crippen LogP contribution is -2.23. The van der Waals surface area contributed by atoms with Crippen molar-refractivity contribution in [1.29, 1.82) is 0 Å². The van der Waals surface area contributed by atoms with Crippen LogP contribution in [0.3, 0.4) is 0 Å². The standard InChI is InChI=1S/C27H24N8OS/c1-15-4-5-24(37-15)20-11-29-12-23-25(20)32-27(31-23)26-19-8-21(30-13-22(19)33-34-26)17-6-16(9-28-10-17)7-18(36)14-35(2)3/h4-6,8-13H,7,14H2,1-3H3,(H,31,32)(H,33,34). The zero-order valence-corrected chi connectivity index (χ0v) is 21.4. The lowest BCUT2D eigenvalue weighted by molar-refractivity contribution is -0.119. The summed E-state index contributed by atoms with van der Waals surface area (Å²) < 4.78 is 0. The highest BCUT2D eigenvalue weighted by atomic mass is 32.1. The van der Waals surface area contributed by atoms with Gasteiger partial charge in [-0.25, -0.2) is 4.98 Å². The molecule has 0 amide bonds. The molecule has 9 nitrogen and oxygen atoms in total. The van der Waals surface area contributed by atoms with Crippen LogP contribution in [0.4, 0.5) is 0 Å². The lowest BCUT2D eigenvalue weighted by Gasteiger charge is -2.09. The number of rotatable bonds is 7. The maximum atomic E-state index is 12.3. The van der Waals surface area contributed by atoms with Gasteiger partial charge in [0.05, 0.1) is 35.7 Å². The molecule has 0 saturated carbocycles. The highest BCUT2D eigenvalue weighted by Gasteiger charge is 2.17. The van der Waals surface area contributed by atoms with E-state index >= 15 is 0 Å². The third-order valence-corrected chi connectivity index (χ3v) is 7.09. The van der Waals surface area contributed by atoms with Gasteiger partial charge in [0.2, 0.25) is 0 Å². The number of H-pyrrole nitrogens is 2. The van der Waals surface area contributed by atoms with Crippen molar-refractivity contribution >= 4 is 39.1 Å². The van der Waals surface area contributed by atoms with Crippen molar-refractivity contribution in [3.63, 3.8) is 0 Å². The van der Waals surface area contributed by atoms with Gasteiger partial charge in [-0.05, 0) is 50.8 Å². The van der Waals surface area contributed by atoms with Crippen LogP contribution in [-0.4, -0.2) is 66.4 Å². The molecule has 0 spiro atoms. The number of pyridine rings is 3. The van der Waals surface area contributed by atoms with E-state index < -0.39 is 0 Å². The van der Waals surface area contributed by atoms with Gasteiger partial charge in [0.25, 0.3) is 0 Å². The number of fused-ring (bicyclic) bond motifs is 2. The number of hydrogen-bond donors (Lipinski definition) is 2. The number of hydrogen-bond acceptors (Lipinski definition) is 8. The summed E-state index contributed by atoms with van der Waals surface area (Å²) in [5.41, 5.74) is 6.65. The van der Waals surface area contributed by atoms with Gasteiger partial charge in [0, 0.05) is 51.3 Å². The first kappa shape index (κ1) is 23.1. The Balaban J connectivity index is 1.38. The summed E-state index contributed by atoms with van der Waals surface area (Å²) in [7, 11) is 3.77. The number of carbonyl (C=O) groups excluding carboxylic acids is 1. The molecule has 0 bridgehead atoms. The summed E-state index contributed by atoms with van der Waals surface area (Å²) in [6, 6.07) is 8.15. The van der Waals surface area contributed by atoms with E-state index in [1.54, 1.807) is 36.1 Å². The second kappa shape index (κ2) is 9.30. The Labute approximate surface area is 216 Å². The number of thiophene rings is 1. The van der Waals surface area contributed by atoms with Crippen LogP contribution in [0.5, 0.6) is 0 Å². The van der Waals surface area contributed by atoms with Crippen molar-refractivity contribution in [1.82, 2.24) is 40.0 Å². The van der Waals surface area contributed by atoms with Crippen LogP contribution in [0.25, 0.3) is 55.2 Å². The van der Waals surface area contributed by atoms with E-state index in [1.165, 1.54) is 4.88 Å². The Kier molecular flexibility index (Phi) is 5.82. The zero-order chi connectivity index (χ0) is 25.5. The molecular formula is C27H24N8OS. The van der Waals surface area contributed by atoms with Gasteiger partial charge in [-0.1, -0.05) is 0 Å². The molecule has 6 rings (SSSR count). The summed E-state index contributed by atoms with van der Waals surface area (Å²) in [6.07, 6.45) is 9.22. The van der Waals surface area contributed by atoms with Crippen molar-refractivity contribution in [2.24, 2.45) is 0 Å². The van der Waals surface area contributed by atoms with Crippen molar-refractivity contribution in [2.45, 2.75) is 13.3 Å². The van der Waals surface area contributed by atoms with Crippen LogP contribution in [-0.2, 0) is 11.2 Å². The minimum absolute atomic E-state index is 0.140. The molecule has 0 aliphatic heterocycles. The van der Waals surface area contributed by atoms with E-state index in [2.05, 4.69) is 49.2 Å². The minimum Gasteiger partial charge on any atom is -0.335 e. The quantitative estimate of drug-likeness (QED) is 0.322. The van der Waals surface area contributed by atoms with E-state index in [9.17, 15) is 4.79 Å². The highest BCUT2D eigenvalue weighted by Crippen LogP contribution is 2.34. The summed E-state index contributed by atoms with van der Waals surface area (Å²) in [5.74, 6) is 0.794. The molecule has 0 saturated heterocycles. The van der Waals surface area contributed by atoms with E-state index in [1.807, 2.05) is 37.3 Å². The van der Waals surface area contributed by atoms with Crippen LogP contribution < -0.4 is 0 Å². The average molecular weight is 509 g/mol. The number of ketones is 1. The van der Waals surface area contributed by atoms with Crippen LogP contribution in [0.1, 0.15) is 10.4 Å². The molecule has 0 aliphatic rings. The first-order valence-electron chi connectivity index (χ1n) is 11.8. The maximum Gasteiger partial charge on any atom is 0.159 e. The number of carbonyl (C=O) groups is 1. The van der Waals surface area contributed by atoms with Gasteiger partial charge in [-0.2, -0.15) is 5.10 Å². The molecular weight excluding hydrogens is 484 g/mol. The lowest BCUT2D eigenvalue weighted by atomic mass is 10.1. The monoisotopic (exact) mass is 508 g/mol. The summed E-state index contributed by atoms with van der Waals surface area (Å²) >= 11 is 1.72. The van der Waals surface area contributed by atoms with Gasteiger partial charge in [0.15, 0.2) is 11.6 Å². The number of likely N-dealkylation sites (N-methyl/N-ethyl adjacent to an activating group) is 1.